The topological polar surface area (TPSA) is 78.9 Å². The zero-order valence-electron chi connectivity index (χ0n) is 49.9. The van der Waals surface area contributed by atoms with Gasteiger partial charge in [-0.05, 0) is 135 Å². The molecule has 436 valence electrons. The lowest BCUT2D eigenvalue weighted by Crippen LogP contribution is -2.30. The van der Waals surface area contributed by atoms with Gasteiger partial charge in [0.1, 0.15) is 13.2 Å². The summed E-state index contributed by atoms with van der Waals surface area (Å²) in [4.78, 5) is 38.3. The normalized spacial score (nSPS) is 13.0. The highest BCUT2D eigenvalue weighted by atomic mass is 16.6. The maximum absolute atomic E-state index is 12.9. The molecule has 0 aromatic heterocycles. The molecule has 0 aliphatic heterocycles. The van der Waals surface area contributed by atoms with E-state index < -0.39 is 6.10 Å². The van der Waals surface area contributed by atoms with Gasteiger partial charge in [-0.25, -0.2) is 0 Å². The van der Waals surface area contributed by atoms with E-state index in [0.29, 0.717) is 19.3 Å². The van der Waals surface area contributed by atoms with Gasteiger partial charge in [-0.15, -0.1) is 0 Å². The van der Waals surface area contributed by atoms with E-state index in [4.69, 9.17) is 14.2 Å². The minimum Gasteiger partial charge on any atom is -0.462 e. The lowest BCUT2D eigenvalue weighted by atomic mass is 10.1. The fourth-order valence-corrected chi connectivity index (χ4v) is 8.43. The second kappa shape index (κ2) is 64.1. The largest absolute Gasteiger partial charge is 0.462 e. The molecule has 0 radical (unpaired) electrons. The van der Waals surface area contributed by atoms with Crippen LogP contribution in [0.15, 0.2) is 134 Å². The molecular weight excluding hydrogens is 949 g/mol. The molecule has 1 atom stereocenters. The van der Waals surface area contributed by atoms with Crippen molar-refractivity contribution in [3.63, 3.8) is 0 Å². The predicted molar refractivity (Wildman–Crippen MR) is 334 cm³/mol. The molecule has 77 heavy (non-hydrogen) atoms. The van der Waals surface area contributed by atoms with Crippen LogP contribution in [0.25, 0.3) is 0 Å². The van der Waals surface area contributed by atoms with Crippen LogP contribution in [0.1, 0.15) is 278 Å². The van der Waals surface area contributed by atoms with Crippen molar-refractivity contribution in [3.8, 4) is 0 Å². The maximum atomic E-state index is 12.9. The summed E-state index contributed by atoms with van der Waals surface area (Å²) in [5.41, 5.74) is 0. The van der Waals surface area contributed by atoms with Gasteiger partial charge < -0.3 is 14.2 Å². The number of hydrogen-bond acceptors (Lipinski definition) is 6. The third-order valence-corrected chi connectivity index (χ3v) is 13.1. The van der Waals surface area contributed by atoms with Gasteiger partial charge in [-0.2, -0.15) is 0 Å². The van der Waals surface area contributed by atoms with Gasteiger partial charge in [0.15, 0.2) is 6.10 Å². The van der Waals surface area contributed by atoms with Crippen molar-refractivity contribution >= 4 is 17.9 Å². The molecule has 0 rings (SSSR count). The lowest BCUT2D eigenvalue weighted by molar-refractivity contribution is -0.167. The van der Waals surface area contributed by atoms with Gasteiger partial charge in [0.2, 0.25) is 0 Å². The summed E-state index contributed by atoms with van der Waals surface area (Å²) in [5, 5.41) is 0. The Labute approximate surface area is 475 Å². The van der Waals surface area contributed by atoms with E-state index in [1.54, 1.807) is 0 Å². The Hall–Kier alpha value is -4.45. The van der Waals surface area contributed by atoms with E-state index in [0.717, 1.165) is 161 Å². The fourth-order valence-electron chi connectivity index (χ4n) is 8.43. The van der Waals surface area contributed by atoms with Crippen molar-refractivity contribution in [2.45, 2.75) is 284 Å². The number of ether oxygens (including phenoxy) is 3. The van der Waals surface area contributed by atoms with Crippen LogP contribution in [-0.2, 0) is 28.6 Å². The molecule has 6 nitrogen and oxygen atoms in total. The molecule has 0 aliphatic rings. The number of unbranched alkanes of at least 4 members (excludes halogenated alkanes) is 23. The average Bonchev–Trinajstić information content (AvgIpc) is 3.43. The summed E-state index contributed by atoms with van der Waals surface area (Å²) in [7, 11) is 0. The summed E-state index contributed by atoms with van der Waals surface area (Å²) in [5.74, 6) is -0.927. The Morgan fingerprint density at radius 1 is 0.273 bits per heavy atom. The first kappa shape index (κ1) is 72.5. The van der Waals surface area contributed by atoms with Crippen LogP contribution in [0.5, 0.6) is 0 Å². The summed E-state index contributed by atoms with van der Waals surface area (Å²) in [6.45, 7) is 6.38. The van der Waals surface area contributed by atoms with Crippen LogP contribution < -0.4 is 0 Å². The van der Waals surface area contributed by atoms with Crippen LogP contribution in [0.4, 0.5) is 0 Å². The van der Waals surface area contributed by atoms with Gasteiger partial charge in [0.05, 0.1) is 0 Å². The SMILES string of the molecule is CC/C=C\C/C=C\C/C=C\C/C=C\C/C=C\CCCCCCCCCCCC(=O)OCC(COC(=O)CCCCCCC/C=C\CCCCCC)OC(=O)CCCCCCC/C=C\C/C=C\C/C=C\C/C=C\C/C=C\CC. The van der Waals surface area contributed by atoms with Crippen molar-refractivity contribution < 1.29 is 28.6 Å². The smallest absolute Gasteiger partial charge is 0.306 e. The molecule has 6 heteroatoms. The molecule has 0 aromatic carbocycles. The van der Waals surface area contributed by atoms with Crippen molar-refractivity contribution in [2.24, 2.45) is 0 Å². The Balaban J connectivity index is 4.41. The summed E-state index contributed by atoms with van der Waals surface area (Å²) >= 11 is 0. The number of carbonyl (C=O) groups excluding carboxylic acids is 3. The highest BCUT2D eigenvalue weighted by Crippen LogP contribution is 2.15. The molecule has 0 saturated carbocycles. The maximum Gasteiger partial charge on any atom is 0.306 e. The molecule has 0 aromatic rings. The van der Waals surface area contributed by atoms with E-state index in [1.165, 1.54) is 77.0 Å². The zero-order chi connectivity index (χ0) is 55.7. The standard InChI is InChI=1S/C71H116O6/c1-4-7-10-13-16-19-22-25-27-29-31-33-34-35-36-38-39-41-43-46-49-52-55-58-61-64-70(73)76-67-68(66-75-69(72)63-60-57-54-51-48-45-24-21-18-15-12-9-6-3)77-71(74)65-62-59-56-53-50-47-44-42-40-37-32-30-28-26-23-20-17-14-11-8-5-2/h7-8,10-11,16-17,19-21,24-28,31-33,35-37,42,44,68H,4-6,9,12-15,18,22-23,29-30,34,38-41,43,45-67H2,1-3H3/b10-7-,11-8-,19-16-,20-17-,24-21-,27-25-,28-26-,33-31-,36-35-,37-32-,44-42-. The van der Waals surface area contributed by atoms with Crippen LogP contribution >= 0.6 is 0 Å². The molecule has 0 fully saturated rings. The molecule has 0 N–H and O–H groups in total. The lowest BCUT2D eigenvalue weighted by Gasteiger charge is -2.18. The number of allylic oxidation sites excluding steroid dienone is 22. The van der Waals surface area contributed by atoms with Crippen LogP contribution in [0.3, 0.4) is 0 Å². The van der Waals surface area contributed by atoms with Gasteiger partial charge >= 0.3 is 17.9 Å². The summed E-state index contributed by atoms with van der Waals surface area (Å²) in [6.07, 6.45) is 90.2. The van der Waals surface area contributed by atoms with E-state index in [-0.39, 0.29) is 31.1 Å². The van der Waals surface area contributed by atoms with E-state index >= 15 is 0 Å². The van der Waals surface area contributed by atoms with Crippen molar-refractivity contribution in [2.75, 3.05) is 13.2 Å². The van der Waals surface area contributed by atoms with E-state index in [1.807, 2.05) is 0 Å². The number of rotatable bonds is 56. The Morgan fingerprint density at radius 3 is 0.805 bits per heavy atom. The number of carbonyl (C=O) groups is 3. The monoisotopic (exact) mass is 1060 g/mol. The highest BCUT2D eigenvalue weighted by molar-refractivity contribution is 5.71. The molecule has 0 amide bonds. The first-order chi connectivity index (χ1) is 38.0. The summed E-state index contributed by atoms with van der Waals surface area (Å²) < 4.78 is 16.9. The predicted octanol–water partition coefficient (Wildman–Crippen LogP) is 21.8. The van der Waals surface area contributed by atoms with Crippen molar-refractivity contribution in [3.05, 3.63) is 134 Å². The molecule has 0 saturated heterocycles. The zero-order valence-corrected chi connectivity index (χ0v) is 49.9. The molecule has 0 heterocycles. The average molecular weight is 1070 g/mol. The third-order valence-electron chi connectivity index (χ3n) is 13.1. The first-order valence-electron chi connectivity index (χ1n) is 31.7. The molecular formula is C71H116O6. The second-order valence-corrected chi connectivity index (χ2v) is 20.5. The molecule has 1 unspecified atom stereocenters. The van der Waals surface area contributed by atoms with Gasteiger partial charge in [-0.3, -0.25) is 14.4 Å². The minimum absolute atomic E-state index is 0.0953. The third kappa shape index (κ3) is 62.3. The van der Waals surface area contributed by atoms with Gasteiger partial charge in [-0.1, -0.05) is 257 Å². The van der Waals surface area contributed by atoms with Crippen LogP contribution in [-0.4, -0.2) is 37.2 Å². The molecule has 0 bridgehead atoms. The Morgan fingerprint density at radius 2 is 0.506 bits per heavy atom. The Bertz CT molecular complexity index is 1650. The highest BCUT2D eigenvalue weighted by Gasteiger charge is 2.19. The Kier molecular flexibility index (Phi) is 60.4. The first-order valence-corrected chi connectivity index (χ1v) is 31.7. The van der Waals surface area contributed by atoms with Gasteiger partial charge in [0.25, 0.3) is 0 Å². The fraction of sp³-hybridized carbons (Fsp3) is 0.648. The van der Waals surface area contributed by atoms with Crippen LogP contribution in [0, 0.1) is 0 Å². The molecule has 0 aliphatic carbocycles. The van der Waals surface area contributed by atoms with Gasteiger partial charge in [0, 0.05) is 19.3 Å². The van der Waals surface area contributed by atoms with Crippen molar-refractivity contribution in [1.29, 1.82) is 0 Å². The number of esters is 3. The van der Waals surface area contributed by atoms with Crippen molar-refractivity contribution in [1.82, 2.24) is 0 Å². The quantitative estimate of drug-likeness (QED) is 0.0261. The molecule has 0 spiro atoms. The van der Waals surface area contributed by atoms with E-state index in [9.17, 15) is 14.4 Å². The second-order valence-electron chi connectivity index (χ2n) is 20.5. The summed E-state index contributed by atoms with van der Waals surface area (Å²) in [6, 6.07) is 0. The van der Waals surface area contributed by atoms with E-state index in [2.05, 4.69) is 154 Å². The van der Waals surface area contributed by atoms with Crippen LogP contribution in [0.2, 0.25) is 0 Å². The number of hydrogen-bond donors (Lipinski definition) is 0. The minimum atomic E-state index is -0.800.